The molecule has 0 bridgehead atoms. The van der Waals surface area contributed by atoms with E-state index in [1.807, 2.05) is 30.3 Å². The summed E-state index contributed by atoms with van der Waals surface area (Å²) in [5.74, 6) is -1.01. The average molecular weight is 203 g/mol. The van der Waals surface area contributed by atoms with Crippen molar-refractivity contribution in [3.8, 4) is 0 Å². The molecule has 4 nitrogen and oxygen atoms in total. The molecule has 0 amide bonds. The van der Waals surface area contributed by atoms with Gasteiger partial charge < -0.3 is 9.76 Å². The molecule has 0 fully saturated rings. The molecule has 1 aromatic rings. The van der Waals surface area contributed by atoms with Crippen LogP contribution in [0.1, 0.15) is 5.56 Å². The molecule has 1 aromatic carbocycles. The van der Waals surface area contributed by atoms with Crippen LogP contribution in [0, 0.1) is 0 Å². The number of carboxylic acids is 1. The predicted molar refractivity (Wildman–Crippen MR) is 56.9 cm³/mol. The maximum absolute atomic E-state index is 10.8. The Morgan fingerprint density at radius 2 is 2.20 bits per heavy atom. The number of hydrogen-bond donors (Lipinski definition) is 1. The first-order valence-electron chi connectivity index (χ1n) is 4.38. The van der Waals surface area contributed by atoms with Crippen molar-refractivity contribution in [2.75, 3.05) is 0 Å². The van der Waals surface area contributed by atoms with Crippen molar-refractivity contribution in [3.63, 3.8) is 0 Å². The maximum Gasteiger partial charge on any atom is 0.375 e. The molecule has 1 atom stereocenters. The molecule has 0 heterocycles. The second kappa shape index (κ2) is 5.85. The monoisotopic (exact) mass is 203 g/mol. The van der Waals surface area contributed by atoms with E-state index in [-0.39, 0.29) is 0 Å². The predicted octanol–water partition coefficient (Wildman–Crippen LogP) is 0.811. The van der Waals surface area contributed by atoms with Crippen LogP contribution in [0.15, 0.2) is 35.3 Å². The van der Waals surface area contributed by atoms with Gasteiger partial charge in [0.05, 0.1) is 0 Å². The quantitative estimate of drug-likeness (QED) is 0.437. The molecule has 0 aliphatic rings. The minimum atomic E-state index is -1.01. The molecule has 1 N–H and O–H groups in total. The van der Waals surface area contributed by atoms with E-state index in [9.17, 15) is 4.79 Å². The van der Waals surface area contributed by atoms with Gasteiger partial charge in [-0.3, -0.25) is 0 Å². The molecule has 0 unspecified atom stereocenters. The van der Waals surface area contributed by atoms with Gasteiger partial charge in [0, 0.05) is 6.42 Å². The molecule has 5 heteroatoms. The Morgan fingerprint density at radius 3 is 2.73 bits per heavy atom. The molecule has 0 aliphatic carbocycles. The fourth-order valence-electron chi connectivity index (χ4n) is 1.15. The van der Waals surface area contributed by atoms with Crippen LogP contribution in [0.5, 0.6) is 0 Å². The Kier molecular flexibility index (Phi) is 4.41. The molecule has 0 saturated heterocycles. The van der Waals surface area contributed by atoms with Crippen molar-refractivity contribution in [3.05, 3.63) is 35.9 Å². The number of aliphatic carboxylic acids is 1. The third-order valence-electron chi connectivity index (χ3n) is 1.86. The largest absolute Gasteiger partial charge is 0.560 e. The highest BCUT2D eigenvalue weighted by molar-refractivity contribution is 6.02. The van der Waals surface area contributed by atoms with Crippen LogP contribution in [-0.4, -0.2) is 31.6 Å². The van der Waals surface area contributed by atoms with E-state index in [2.05, 4.69) is 9.65 Å². The van der Waals surface area contributed by atoms with Crippen LogP contribution in [0.4, 0.5) is 0 Å². The lowest BCUT2D eigenvalue weighted by Crippen LogP contribution is -2.21. The van der Waals surface area contributed by atoms with Crippen molar-refractivity contribution < 1.29 is 14.6 Å². The maximum atomic E-state index is 10.8. The minimum Gasteiger partial charge on any atom is -0.560 e. The van der Waals surface area contributed by atoms with Crippen molar-refractivity contribution in [1.82, 2.24) is 0 Å². The van der Waals surface area contributed by atoms with Crippen molar-refractivity contribution in [2.45, 2.75) is 12.5 Å². The van der Waals surface area contributed by atoms with Gasteiger partial charge in [-0.05, 0) is 5.56 Å². The zero-order valence-corrected chi connectivity index (χ0v) is 8.04. The number of aliphatic imine (C=N–C) groups is 1. The number of carboxylic acid groups (broad SMARTS) is 1. The van der Waals surface area contributed by atoms with Crippen LogP contribution < -0.4 is 0 Å². The first-order valence-corrected chi connectivity index (χ1v) is 4.38. The Balaban J connectivity index is 2.67. The lowest BCUT2D eigenvalue weighted by Gasteiger charge is -2.06. The molecule has 0 spiro atoms. The number of nitrogens with zero attached hydrogens (tertiary/aromatic N) is 1. The lowest BCUT2D eigenvalue weighted by molar-refractivity contribution is -0.138. The molecule has 0 aromatic heterocycles. The van der Waals surface area contributed by atoms with Crippen LogP contribution in [-0.2, 0) is 15.9 Å². The molecule has 0 saturated carbocycles. The molecule has 0 aliphatic heterocycles. The van der Waals surface area contributed by atoms with Gasteiger partial charge in [0.2, 0.25) is 0 Å². The van der Waals surface area contributed by atoms with Gasteiger partial charge in [-0.2, -0.15) is 0 Å². The topological polar surface area (TPSA) is 58.9 Å². The summed E-state index contributed by atoms with van der Waals surface area (Å²) in [4.78, 5) is 14.5. The fourth-order valence-corrected chi connectivity index (χ4v) is 1.15. The molecular weight excluding hydrogens is 193 g/mol. The van der Waals surface area contributed by atoms with Crippen molar-refractivity contribution in [1.29, 1.82) is 0 Å². The van der Waals surface area contributed by atoms with E-state index in [4.69, 9.17) is 13.2 Å². The van der Waals surface area contributed by atoms with E-state index in [1.165, 1.54) is 0 Å². The first kappa shape index (κ1) is 11.3. The van der Waals surface area contributed by atoms with E-state index in [0.29, 0.717) is 6.42 Å². The molecule has 1 rings (SSSR count). The zero-order chi connectivity index (χ0) is 11.1. The standard InChI is InChI=1S/C10H10BNO3/c11-15-7-12-9(10(13)14)6-8-4-2-1-3-5-8/h1-5,7,9H,6H2,(H,13,14)/t9-/m0/s1. The number of hydrogen-bond acceptors (Lipinski definition) is 3. The normalized spacial score (nSPS) is 12.5. The second-order valence-electron chi connectivity index (χ2n) is 2.93. The van der Waals surface area contributed by atoms with E-state index >= 15 is 0 Å². The van der Waals surface area contributed by atoms with Crippen LogP contribution >= 0.6 is 0 Å². The lowest BCUT2D eigenvalue weighted by atomic mass is 10.1. The van der Waals surface area contributed by atoms with Gasteiger partial charge in [0.25, 0.3) is 0 Å². The summed E-state index contributed by atoms with van der Waals surface area (Å²) in [6, 6.07) is 8.38. The average Bonchev–Trinajstić information content (AvgIpc) is 2.25. The smallest absolute Gasteiger partial charge is 0.375 e. The third kappa shape index (κ3) is 3.85. The summed E-state index contributed by atoms with van der Waals surface area (Å²) in [6.07, 6.45) is 1.25. The van der Waals surface area contributed by atoms with E-state index in [0.717, 1.165) is 12.0 Å². The summed E-state index contributed by atoms with van der Waals surface area (Å²) in [6.45, 7) is 0. The highest BCUT2D eigenvalue weighted by atomic mass is 16.4. The summed E-state index contributed by atoms with van der Waals surface area (Å²) < 4.78 is 4.11. The van der Waals surface area contributed by atoms with Gasteiger partial charge >= 0.3 is 14.0 Å². The molecular formula is C10H10BNO3. The Hall–Kier alpha value is -1.78. The Morgan fingerprint density at radius 1 is 1.53 bits per heavy atom. The van der Waals surface area contributed by atoms with Gasteiger partial charge in [-0.1, -0.05) is 30.3 Å². The molecule has 15 heavy (non-hydrogen) atoms. The minimum absolute atomic E-state index is 0.316. The van der Waals surface area contributed by atoms with Gasteiger partial charge in [-0.25, -0.2) is 9.79 Å². The molecule has 76 valence electrons. The van der Waals surface area contributed by atoms with Crippen LogP contribution in [0.2, 0.25) is 0 Å². The highest BCUT2D eigenvalue weighted by Gasteiger charge is 2.15. The Bertz CT molecular complexity index is 340. The summed E-state index contributed by atoms with van der Waals surface area (Å²) >= 11 is 0. The van der Waals surface area contributed by atoms with E-state index < -0.39 is 12.0 Å². The van der Waals surface area contributed by atoms with Crippen molar-refractivity contribution >= 4 is 20.4 Å². The number of carbonyl (C=O) groups is 1. The van der Waals surface area contributed by atoms with Gasteiger partial charge in [-0.15, -0.1) is 0 Å². The number of rotatable bonds is 5. The first-order chi connectivity index (χ1) is 7.24. The fraction of sp³-hybridized carbons (Fsp3) is 0.200. The highest BCUT2D eigenvalue weighted by Crippen LogP contribution is 2.05. The van der Waals surface area contributed by atoms with Crippen LogP contribution in [0.3, 0.4) is 0 Å². The second-order valence-corrected chi connectivity index (χ2v) is 2.93. The van der Waals surface area contributed by atoms with Gasteiger partial charge in [0.15, 0.2) is 12.4 Å². The zero-order valence-electron chi connectivity index (χ0n) is 8.04. The van der Waals surface area contributed by atoms with E-state index in [1.54, 1.807) is 0 Å². The Labute approximate surface area is 89.0 Å². The summed E-state index contributed by atoms with van der Waals surface area (Å²) in [5, 5.41) is 8.85. The van der Waals surface area contributed by atoms with Crippen molar-refractivity contribution in [2.24, 2.45) is 4.99 Å². The van der Waals surface area contributed by atoms with Gasteiger partial charge in [0.1, 0.15) is 0 Å². The number of benzene rings is 1. The molecule has 2 radical (unpaired) electrons. The SMILES string of the molecule is [B]OC=N[C@@H](Cc1ccccc1)C(=O)O. The third-order valence-corrected chi connectivity index (χ3v) is 1.86. The summed E-state index contributed by atoms with van der Waals surface area (Å²) in [5.41, 5.74) is 0.902. The summed E-state index contributed by atoms with van der Waals surface area (Å²) in [7, 11) is 4.73. The van der Waals surface area contributed by atoms with Crippen LogP contribution in [0.25, 0.3) is 0 Å².